The normalized spacial score (nSPS) is 22.6. The Morgan fingerprint density at radius 1 is 1.26 bits per heavy atom. The van der Waals surface area contributed by atoms with Gasteiger partial charge >= 0.3 is 0 Å². The Hall–Kier alpha value is -0.470. The lowest BCUT2D eigenvalue weighted by molar-refractivity contribution is 0.445. The Morgan fingerprint density at radius 2 is 1.96 bits per heavy atom. The van der Waals surface area contributed by atoms with Gasteiger partial charge in [-0.25, -0.2) is 12.7 Å². The van der Waals surface area contributed by atoms with E-state index < -0.39 is 10.0 Å². The minimum absolute atomic E-state index is 0.0589. The fourth-order valence-corrected chi connectivity index (χ4v) is 4.98. The highest BCUT2D eigenvalue weighted by molar-refractivity contribution is 7.99. The van der Waals surface area contributed by atoms with Gasteiger partial charge in [0.1, 0.15) is 0 Å². The lowest BCUT2D eigenvalue weighted by Crippen LogP contribution is -2.43. The van der Waals surface area contributed by atoms with Crippen LogP contribution < -0.4 is 10.6 Å². The molecule has 0 bridgehead atoms. The third-order valence-corrected chi connectivity index (χ3v) is 7.22. The van der Waals surface area contributed by atoms with E-state index in [9.17, 15) is 8.42 Å². The van der Waals surface area contributed by atoms with Crippen molar-refractivity contribution >= 4 is 27.7 Å². The first-order chi connectivity index (χ1) is 11.0. The second-order valence-electron chi connectivity index (χ2n) is 5.67. The minimum atomic E-state index is -3.21. The van der Waals surface area contributed by atoms with Crippen molar-refractivity contribution in [1.82, 2.24) is 14.9 Å². The van der Waals surface area contributed by atoms with Crippen LogP contribution >= 0.6 is 11.8 Å². The van der Waals surface area contributed by atoms with E-state index in [-0.39, 0.29) is 12.3 Å². The van der Waals surface area contributed by atoms with Crippen LogP contribution in [0, 0.1) is 0 Å². The molecule has 0 saturated heterocycles. The van der Waals surface area contributed by atoms with Crippen molar-refractivity contribution in [2.45, 2.75) is 51.3 Å². The molecule has 2 atom stereocenters. The molecule has 1 saturated carbocycles. The van der Waals surface area contributed by atoms with Crippen LogP contribution in [-0.2, 0) is 10.0 Å². The third-order valence-electron chi connectivity index (χ3n) is 4.12. The van der Waals surface area contributed by atoms with E-state index in [2.05, 4.69) is 21.9 Å². The molecule has 1 rings (SSSR count). The minimum Gasteiger partial charge on any atom is -0.357 e. The second-order valence-corrected chi connectivity index (χ2v) is 8.90. The summed E-state index contributed by atoms with van der Waals surface area (Å²) in [5.41, 5.74) is 0. The summed E-state index contributed by atoms with van der Waals surface area (Å²) in [6.07, 6.45) is 5.68. The Balaban J connectivity index is 2.55. The molecule has 0 aliphatic heterocycles. The van der Waals surface area contributed by atoms with Gasteiger partial charge in [-0.15, -0.1) is 0 Å². The smallest absolute Gasteiger partial charge is 0.215 e. The molecular formula is C15H32N4O2S2. The van der Waals surface area contributed by atoms with Crippen molar-refractivity contribution in [3.8, 4) is 0 Å². The van der Waals surface area contributed by atoms with E-state index in [1.807, 2.05) is 32.5 Å². The zero-order chi connectivity index (χ0) is 17.3. The standard InChI is InChI=1S/C15H32N4O2S2/c1-5-16-15(18-13-8-9-14(12-13)22-4)17-10-11-23(20,21)19(6-2)7-3/h13-14H,5-12H2,1-4H3,(H2,16,17,18). The number of nitrogens with zero attached hydrogens (tertiary/aromatic N) is 2. The summed E-state index contributed by atoms with van der Waals surface area (Å²) >= 11 is 1.92. The van der Waals surface area contributed by atoms with Crippen LogP contribution in [0.3, 0.4) is 0 Å². The first-order valence-corrected chi connectivity index (χ1v) is 11.4. The van der Waals surface area contributed by atoms with E-state index in [1.165, 1.54) is 10.7 Å². The molecule has 1 aliphatic carbocycles. The average Bonchev–Trinajstić information content (AvgIpc) is 2.95. The first-order valence-electron chi connectivity index (χ1n) is 8.52. The predicted molar refractivity (Wildman–Crippen MR) is 101 cm³/mol. The van der Waals surface area contributed by atoms with Crippen LogP contribution in [0.15, 0.2) is 4.99 Å². The number of nitrogens with one attached hydrogen (secondary N) is 2. The quantitative estimate of drug-likeness (QED) is 0.479. The van der Waals surface area contributed by atoms with Gasteiger partial charge in [-0.3, -0.25) is 4.99 Å². The Kier molecular flexibility index (Phi) is 9.31. The summed E-state index contributed by atoms with van der Waals surface area (Å²) < 4.78 is 25.8. The van der Waals surface area contributed by atoms with Gasteiger partial charge in [0.2, 0.25) is 10.0 Å². The molecule has 2 N–H and O–H groups in total. The summed E-state index contributed by atoms with van der Waals surface area (Å²) in [6, 6.07) is 0.435. The topological polar surface area (TPSA) is 73.8 Å². The maximum absolute atomic E-state index is 12.2. The molecule has 0 aromatic carbocycles. The van der Waals surface area contributed by atoms with Gasteiger partial charge in [-0.2, -0.15) is 11.8 Å². The Bertz CT molecular complexity index is 464. The molecule has 0 aromatic rings. The summed E-state index contributed by atoms with van der Waals surface area (Å²) in [6.45, 7) is 7.82. The van der Waals surface area contributed by atoms with Crippen molar-refractivity contribution in [1.29, 1.82) is 0 Å². The monoisotopic (exact) mass is 364 g/mol. The molecule has 8 heteroatoms. The molecule has 0 amide bonds. The molecule has 0 radical (unpaired) electrons. The molecule has 136 valence electrons. The molecular weight excluding hydrogens is 332 g/mol. The maximum Gasteiger partial charge on any atom is 0.215 e. The number of hydrogen-bond acceptors (Lipinski definition) is 4. The van der Waals surface area contributed by atoms with E-state index in [4.69, 9.17) is 0 Å². The lowest BCUT2D eigenvalue weighted by Gasteiger charge is -2.19. The van der Waals surface area contributed by atoms with Crippen LogP contribution in [0.5, 0.6) is 0 Å². The number of sulfonamides is 1. The molecule has 0 aromatic heterocycles. The number of rotatable bonds is 9. The number of aliphatic imine (C=N–C) groups is 1. The van der Waals surface area contributed by atoms with Crippen LogP contribution in [0.2, 0.25) is 0 Å². The van der Waals surface area contributed by atoms with Crippen LogP contribution in [0.4, 0.5) is 0 Å². The third kappa shape index (κ3) is 6.89. The Morgan fingerprint density at radius 3 is 2.48 bits per heavy atom. The summed E-state index contributed by atoms with van der Waals surface area (Å²) in [7, 11) is -3.21. The molecule has 0 spiro atoms. The van der Waals surface area contributed by atoms with Crippen molar-refractivity contribution in [3.05, 3.63) is 0 Å². The van der Waals surface area contributed by atoms with Crippen molar-refractivity contribution in [2.24, 2.45) is 4.99 Å². The lowest BCUT2D eigenvalue weighted by atomic mass is 10.2. The predicted octanol–water partition coefficient (Wildman–Crippen LogP) is 1.50. The molecule has 23 heavy (non-hydrogen) atoms. The summed E-state index contributed by atoms with van der Waals surface area (Å²) in [5.74, 6) is 0.789. The van der Waals surface area contributed by atoms with E-state index in [0.29, 0.717) is 19.1 Å². The van der Waals surface area contributed by atoms with Crippen molar-refractivity contribution in [3.63, 3.8) is 0 Å². The highest BCUT2D eigenvalue weighted by Gasteiger charge is 2.24. The highest BCUT2D eigenvalue weighted by atomic mass is 32.2. The number of hydrogen-bond donors (Lipinski definition) is 2. The molecule has 0 heterocycles. The maximum atomic E-state index is 12.2. The van der Waals surface area contributed by atoms with Crippen LogP contribution in [0.1, 0.15) is 40.0 Å². The molecule has 6 nitrogen and oxygen atoms in total. The fourth-order valence-electron chi connectivity index (χ4n) is 2.82. The zero-order valence-electron chi connectivity index (χ0n) is 14.8. The first kappa shape index (κ1) is 20.6. The number of guanidine groups is 1. The molecule has 2 unspecified atom stereocenters. The van der Waals surface area contributed by atoms with Gasteiger partial charge in [0, 0.05) is 30.9 Å². The van der Waals surface area contributed by atoms with E-state index in [0.717, 1.165) is 30.6 Å². The van der Waals surface area contributed by atoms with E-state index in [1.54, 1.807) is 0 Å². The largest absolute Gasteiger partial charge is 0.357 e. The van der Waals surface area contributed by atoms with Gasteiger partial charge in [0.05, 0.1) is 12.3 Å². The summed E-state index contributed by atoms with van der Waals surface area (Å²) in [5, 5.41) is 7.37. The van der Waals surface area contributed by atoms with Crippen molar-refractivity contribution in [2.75, 3.05) is 38.2 Å². The van der Waals surface area contributed by atoms with Gasteiger partial charge < -0.3 is 10.6 Å². The average molecular weight is 365 g/mol. The Labute approximate surface area is 145 Å². The van der Waals surface area contributed by atoms with Gasteiger partial charge in [-0.05, 0) is 32.4 Å². The fraction of sp³-hybridized carbons (Fsp3) is 0.933. The summed E-state index contributed by atoms with van der Waals surface area (Å²) in [4.78, 5) is 4.45. The van der Waals surface area contributed by atoms with E-state index >= 15 is 0 Å². The zero-order valence-corrected chi connectivity index (χ0v) is 16.5. The molecule has 1 aliphatic rings. The van der Waals surface area contributed by atoms with Gasteiger partial charge in [0.25, 0.3) is 0 Å². The molecule has 1 fully saturated rings. The SMILES string of the molecule is CCNC(=NCCS(=O)(=O)N(CC)CC)NC1CCC(SC)C1. The highest BCUT2D eigenvalue weighted by Crippen LogP contribution is 2.27. The van der Waals surface area contributed by atoms with Gasteiger partial charge in [-0.1, -0.05) is 13.8 Å². The second kappa shape index (κ2) is 10.4. The van der Waals surface area contributed by atoms with Crippen LogP contribution in [-0.4, -0.2) is 68.2 Å². The van der Waals surface area contributed by atoms with Gasteiger partial charge in [0.15, 0.2) is 5.96 Å². The van der Waals surface area contributed by atoms with Crippen LogP contribution in [0.25, 0.3) is 0 Å². The number of thioether (sulfide) groups is 1. The van der Waals surface area contributed by atoms with Crippen molar-refractivity contribution < 1.29 is 8.42 Å².